The zero-order valence-corrected chi connectivity index (χ0v) is 21.3. The molecule has 0 radical (unpaired) electrons. The first-order valence-electron chi connectivity index (χ1n) is 11.6. The maximum absolute atomic E-state index is 12.5. The number of rotatable bonds is 10. The number of ketones is 1. The highest BCUT2D eigenvalue weighted by Gasteiger charge is 2.64. The van der Waals surface area contributed by atoms with Crippen LogP contribution in [0.2, 0.25) is 0 Å². The van der Waals surface area contributed by atoms with Crippen molar-refractivity contribution in [1.29, 1.82) is 0 Å². The number of aliphatic hydroxyl groups is 2. The van der Waals surface area contributed by atoms with Gasteiger partial charge in [-0.1, -0.05) is 57.3 Å². The van der Waals surface area contributed by atoms with E-state index in [4.69, 9.17) is 32.7 Å². The first-order chi connectivity index (χ1) is 15.6. The first-order valence-corrected chi connectivity index (χ1v) is 12.5. The Hall–Kier alpha value is -0.960. The minimum Gasteiger partial charge on any atom is -0.388 e. The van der Waals surface area contributed by atoms with Crippen LogP contribution in [0.4, 0.5) is 0 Å². The molecule has 188 valence electrons. The van der Waals surface area contributed by atoms with E-state index in [9.17, 15) is 19.8 Å². The number of nitrogens with one attached hydrogen (secondary N) is 1. The van der Waals surface area contributed by atoms with E-state index in [1.807, 2.05) is 6.92 Å². The van der Waals surface area contributed by atoms with Crippen molar-refractivity contribution in [3.8, 4) is 0 Å². The molecule has 1 aliphatic carbocycles. The molecule has 8 atom stereocenters. The van der Waals surface area contributed by atoms with Crippen LogP contribution in [0.25, 0.3) is 0 Å². The minimum absolute atomic E-state index is 0.0171. The summed E-state index contributed by atoms with van der Waals surface area (Å²) in [7, 11) is 1.39. The number of hydrogen-bond donors (Lipinski definition) is 3. The normalized spacial score (nSPS) is 36.0. The largest absolute Gasteiger partial charge is 0.388 e. The quantitative estimate of drug-likeness (QED) is 0.182. The Labute approximate surface area is 206 Å². The lowest BCUT2D eigenvalue weighted by Gasteiger charge is -2.44. The molecule has 2 fully saturated rings. The maximum Gasteiger partial charge on any atom is 0.244 e. The molecule has 2 rings (SSSR count). The second-order valence-electron chi connectivity index (χ2n) is 9.16. The van der Waals surface area contributed by atoms with Crippen molar-refractivity contribution in [3.05, 3.63) is 23.8 Å². The number of methoxy groups -OCH3 is 1. The SMILES string of the molecule is CCCCCCC(C)/C=C(C)/C=C/C(=O)NC1CC2(O[C@H]1OC)C(O)C(Cl)C(=O)C(Cl)[C@H]2O. The Kier molecular flexibility index (Phi) is 10.8. The number of amides is 1. The summed E-state index contributed by atoms with van der Waals surface area (Å²) >= 11 is 12.1. The van der Waals surface area contributed by atoms with Gasteiger partial charge in [-0.3, -0.25) is 9.59 Å². The van der Waals surface area contributed by atoms with Gasteiger partial charge in [0.1, 0.15) is 28.6 Å². The molecule has 9 heteroatoms. The van der Waals surface area contributed by atoms with Gasteiger partial charge in [0.2, 0.25) is 5.91 Å². The predicted octanol–water partition coefficient (Wildman–Crippen LogP) is 3.23. The number of unbranched alkanes of at least 4 members (excludes halogenated alkanes) is 3. The second kappa shape index (κ2) is 12.7. The number of hydrogen-bond acceptors (Lipinski definition) is 6. The molecule has 1 saturated heterocycles. The topological polar surface area (TPSA) is 105 Å². The third-order valence-electron chi connectivity index (χ3n) is 6.42. The van der Waals surface area contributed by atoms with Crippen LogP contribution < -0.4 is 5.32 Å². The highest BCUT2D eigenvalue weighted by molar-refractivity contribution is 6.41. The molecular weight excluding hydrogens is 469 g/mol. The fourth-order valence-electron chi connectivity index (χ4n) is 4.55. The summed E-state index contributed by atoms with van der Waals surface area (Å²) in [6, 6.07) is -0.681. The molecule has 0 aromatic heterocycles. The van der Waals surface area contributed by atoms with Gasteiger partial charge >= 0.3 is 0 Å². The van der Waals surface area contributed by atoms with Crippen LogP contribution in [-0.2, 0) is 19.1 Å². The van der Waals surface area contributed by atoms with E-state index in [2.05, 4.69) is 25.2 Å². The lowest BCUT2D eigenvalue weighted by Crippen LogP contribution is -2.67. The Morgan fingerprint density at radius 1 is 1.24 bits per heavy atom. The maximum atomic E-state index is 12.5. The summed E-state index contributed by atoms with van der Waals surface area (Å²) in [5.74, 6) is -0.606. The summed E-state index contributed by atoms with van der Waals surface area (Å²) in [5, 5.41) is 21.4. The highest BCUT2D eigenvalue weighted by Crippen LogP contribution is 2.44. The highest BCUT2D eigenvalue weighted by atomic mass is 35.5. The first kappa shape index (κ1) is 28.3. The lowest BCUT2D eigenvalue weighted by molar-refractivity contribution is -0.231. The summed E-state index contributed by atoms with van der Waals surface area (Å²) < 4.78 is 11.1. The monoisotopic (exact) mass is 505 g/mol. The summed E-state index contributed by atoms with van der Waals surface area (Å²) in [4.78, 5) is 24.6. The number of Topliss-reactive ketones (excluding diaryl/α,β-unsaturated/α-hetero) is 1. The van der Waals surface area contributed by atoms with Gasteiger partial charge in [0.05, 0.1) is 6.04 Å². The van der Waals surface area contributed by atoms with Crippen LogP contribution in [-0.4, -0.2) is 69.9 Å². The molecule has 1 saturated carbocycles. The molecule has 6 unspecified atom stereocenters. The van der Waals surface area contributed by atoms with Crippen molar-refractivity contribution in [3.63, 3.8) is 0 Å². The van der Waals surface area contributed by atoms with Gasteiger partial charge in [-0.2, -0.15) is 0 Å². The molecule has 7 nitrogen and oxygen atoms in total. The average molecular weight is 506 g/mol. The van der Waals surface area contributed by atoms with E-state index in [0.717, 1.165) is 12.0 Å². The van der Waals surface area contributed by atoms with E-state index in [0.29, 0.717) is 5.92 Å². The Bertz CT molecular complexity index is 724. The lowest BCUT2D eigenvalue weighted by atomic mass is 9.76. The third kappa shape index (κ3) is 6.80. The van der Waals surface area contributed by atoms with Crippen LogP contribution in [0.1, 0.15) is 59.3 Å². The zero-order chi connectivity index (χ0) is 24.8. The van der Waals surface area contributed by atoms with E-state index >= 15 is 0 Å². The molecule has 3 N–H and O–H groups in total. The summed E-state index contributed by atoms with van der Waals surface area (Å²) in [5.41, 5.74) is -0.639. The van der Waals surface area contributed by atoms with Gasteiger partial charge in [-0.05, 0) is 19.3 Å². The smallest absolute Gasteiger partial charge is 0.244 e. The third-order valence-corrected chi connectivity index (χ3v) is 7.33. The van der Waals surface area contributed by atoms with Gasteiger partial charge in [0.15, 0.2) is 12.1 Å². The molecule has 1 heterocycles. The molecule has 33 heavy (non-hydrogen) atoms. The van der Waals surface area contributed by atoms with Crippen molar-refractivity contribution < 1.29 is 29.3 Å². The van der Waals surface area contributed by atoms with Crippen LogP contribution in [0, 0.1) is 5.92 Å². The standard InChI is InChI=1S/C24H37Cl2NO6/c1-5-6-7-8-9-14(2)12-15(3)10-11-17(28)27-16-13-24(33-23(16)32-4)21(30)18(25)20(29)19(26)22(24)31/h10-12,14,16,18-19,21-23,30-31H,5-9,13H2,1-4H3,(H,27,28)/b11-10+,15-12+/t14?,16?,18?,19?,21-,22?,23-,24?/m1/s1. The van der Waals surface area contributed by atoms with Crippen molar-refractivity contribution >= 4 is 34.9 Å². The number of ether oxygens (including phenoxy) is 2. The van der Waals surface area contributed by atoms with Gasteiger partial charge in [0, 0.05) is 19.6 Å². The molecule has 1 amide bonds. The van der Waals surface area contributed by atoms with Crippen molar-refractivity contribution in [1.82, 2.24) is 5.32 Å². The van der Waals surface area contributed by atoms with Crippen molar-refractivity contribution in [2.75, 3.05) is 7.11 Å². The number of carbonyl (C=O) groups is 2. The number of carbonyl (C=O) groups excluding carboxylic acids is 2. The average Bonchev–Trinajstić information content (AvgIpc) is 3.16. The van der Waals surface area contributed by atoms with Gasteiger partial charge in [0.25, 0.3) is 0 Å². The summed E-state index contributed by atoms with van der Waals surface area (Å²) in [6.07, 6.45) is 7.37. The molecule has 1 spiro atoms. The fraction of sp³-hybridized carbons (Fsp3) is 0.750. The fourth-order valence-corrected chi connectivity index (χ4v) is 5.31. The minimum atomic E-state index is -1.63. The second-order valence-corrected chi connectivity index (χ2v) is 10.1. The van der Waals surface area contributed by atoms with Gasteiger partial charge in [-0.15, -0.1) is 23.2 Å². The van der Waals surface area contributed by atoms with Crippen LogP contribution in [0.15, 0.2) is 23.8 Å². The van der Waals surface area contributed by atoms with Crippen molar-refractivity contribution in [2.24, 2.45) is 5.92 Å². The van der Waals surface area contributed by atoms with Crippen LogP contribution >= 0.6 is 23.2 Å². The number of allylic oxidation sites excluding steroid dienone is 3. The van der Waals surface area contributed by atoms with Gasteiger partial charge < -0.3 is 25.0 Å². The molecule has 0 aromatic carbocycles. The van der Waals surface area contributed by atoms with Crippen LogP contribution in [0.5, 0.6) is 0 Å². The molecule has 0 aromatic rings. The van der Waals surface area contributed by atoms with E-state index < -0.39 is 46.7 Å². The number of halogens is 2. The number of aliphatic hydroxyl groups excluding tert-OH is 2. The Morgan fingerprint density at radius 2 is 1.88 bits per heavy atom. The van der Waals surface area contributed by atoms with E-state index in [-0.39, 0.29) is 12.3 Å². The molecular formula is C24H37Cl2NO6. The predicted molar refractivity (Wildman–Crippen MR) is 128 cm³/mol. The Morgan fingerprint density at radius 3 is 2.45 bits per heavy atom. The molecule has 1 aliphatic heterocycles. The van der Waals surface area contributed by atoms with Crippen molar-refractivity contribution in [2.45, 2.75) is 100 Å². The molecule has 0 bridgehead atoms. The van der Waals surface area contributed by atoms with Crippen LogP contribution in [0.3, 0.4) is 0 Å². The Balaban J connectivity index is 2.00. The van der Waals surface area contributed by atoms with E-state index in [1.54, 1.807) is 6.08 Å². The summed E-state index contributed by atoms with van der Waals surface area (Å²) in [6.45, 7) is 6.31. The zero-order valence-electron chi connectivity index (χ0n) is 19.8. The number of alkyl halides is 2. The molecule has 2 aliphatic rings. The van der Waals surface area contributed by atoms with E-state index in [1.165, 1.54) is 38.9 Å². The van der Waals surface area contributed by atoms with Gasteiger partial charge in [-0.25, -0.2) is 0 Å².